The molecular weight excluding hydrogens is 431 g/mol. The van der Waals surface area contributed by atoms with Crippen LogP contribution in [0.1, 0.15) is 43.0 Å². The average Bonchev–Trinajstić information content (AvgIpc) is 3.17. The molecule has 5 nitrogen and oxygen atoms in total. The van der Waals surface area contributed by atoms with Crippen LogP contribution in [0.25, 0.3) is 16.7 Å². The molecule has 3 aromatic carbocycles. The van der Waals surface area contributed by atoms with Gasteiger partial charge in [-0.15, -0.1) is 15.0 Å². The monoisotopic (exact) mass is 455 g/mol. The number of phenols is 1. The van der Waals surface area contributed by atoms with Gasteiger partial charge >= 0.3 is 6.18 Å². The summed E-state index contributed by atoms with van der Waals surface area (Å²) in [5.74, 6) is -0.0745. The van der Waals surface area contributed by atoms with Gasteiger partial charge in [-0.05, 0) is 48.7 Å². The lowest BCUT2D eigenvalue weighted by molar-refractivity contribution is -0.137. The Hall–Kier alpha value is -3.39. The van der Waals surface area contributed by atoms with E-state index in [4.69, 9.17) is 0 Å². The summed E-state index contributed by atoms with van der Waals surface area (Å²) < 4.78 is 39.3. The molecule has 33 heavy (non-hydrogen) atoms. The van der Waals surface area contributed by atoms with Gasteiger partial charge in [-0.25, -0.2) is 0 Å². The minimum Gasteiger partial charge on any atom is -0.505 e. The molecule has 0 radical (unpaired) electrons. The first-order valence-corrected chi connectivity index (χ1v) is 10.5. The lowest BCUT2D eigenvalue weighted by atomic mass is 9.76. The van der Waals surface area contributed by atoms with Gasteiger partial charge in [0.25, 0.3) is 0 Å². The summed E-state index contributed by atoms with van der Waals surface area (Å²) in [6.07, 6.45) is -4.80. The van der Waals surface area contributed by atoms with Crippen molar-refractivity contribution in [1.29, 1.82) is 0 Å². The molecule has 0 aliphatic carbocycles. The Morgan fingerprint density at radius 1 is 0.909 bits per heavy atom. The first-order valence-electron chi connectivity index (χ1n) is 10.5. The maximum atomic E-state index is 13.1. The Morgan fingerprint density at radius 3 is 2.21 bits per heavy atom. The zero-order valence-corrected chi connectivity index (χ0v) is 18.4. The highest BCUT2D eigenvalue weighted by molar-refractivity contribution is 5.75. The van der Waals surface area contributed by atoms with Crippen molar-refractivity contribution in [3.05, 3.63) is 82.9 Å². The average molecular weight is 455 g/mol. The fraction of sp³-hybridized carbons (Fsp3) is 0.280. The van der Waals surface area contributed by atoms with Crippen molar-refractivity contribution >= 4 is 11.0 Å². The third kappa shape index (κ3) is 4.43. The quantitative estimate of drug-likeness (QED) is 0.423. The van der Waals surface area contributed by atoms with E-state index in [-0.39, 0.29) is 22.5 Å². The largest absolute Gasteiger partial charge is 0.505 e. The Labute approximate surface area is 189 Å². The Bertz CT molecular complexity index is 1300. The fourth-order valence-electron chi connectivity index (χ4n) is 3.97. The van der Waals surface area contributed by atoms with Crippen LogP contribution in [-0.2, 0) is 18.0 Å². The third-order valence-corrected chi connectivity index (χ3v) is 5.77. The Balaban J connectivity index is 1.90. The zero-order valence-electron chi connectivity index (χ0n) is 18.4. The molecule has 0 aliphatic rings. The molecule has 1 unspecified atom stereocenters. The number of hydrogen-bond donors (Lipinski definition) is 2. The highest BCUT2D eigenvalue weighted by Crippen LogP contribution is 2.41. The highest BCUT2D eigenvalue weighted by atomic mass is 19.4. The van der Waals surface area contributed by atoms with Crippen molar-refractivity contribution in [3.63, 3.8) is 0 Å². The van der Waals surface area contributed by atoms with E-state index in [1.165, 1.54) is 6.07 Å². The van der Waals surface area contributed by atoms with E-state index >= 15 is 0 Å². The molecule has 1 aromatic heterocycles. The molecule has 4 aromatic rings. The first-order chi connectivity index (χ1) is 15.5. The van der Waals surface area contributed by atoms with Crippen molar-refractivity contribution in [2.75, 3.05) is 0 Å². The minimum absolute atomic E-state index is 0.0639. The summed E-state index contributed by atoms with van der Waals surface area (Å²) in [4.78, 5) is 1.15. The number of alkyl halides is 3. The van der Waals surface area contributed by atoms with E-state index in [9.17, 15) is 23.4 Å². The molecule has 2 N–H and O–H groups in total. The number of aliphatic hydroxyl groups excluding tert-OH is 1. The van der Waals surface area contributed by atoms with E-state index in [2.05, 4.69) is 10.2 Å². The number of hydrogen-bond acceptors (Lipinski definition) is 4. The van der Waals surface area contributed by atoms with E-state index < -0.39 is 23.3 Å². The molecule has 0 aliphatic heterocycles. The van der Waals surface area contributed by atoms with Crippen molar-refractivity contribution in [3.8, 4) is 11.4 Å². The number of aliphatic hydroxyl groups is 1. The van der Waals surface area contributed by atoms with Crippen LogP contribution < -0.4 is 0 Å². The van der Waals surface area contributed by atoms with Gasteiger partial charge in [0.1, 0.15) is 22.5 Å². The lowest BCUT2D eigenvalue weighted by Gasteiger charge is -2.28. The molecular formula is C25H24F3N3O2. The van der Waals surface area contributed by atoms with Crippen LogP contribution in [0.5, 0.6) is 5.75 Å². The second kappa shape index (κ2) is 8.19. The highest BCUT2D eigenvalue weighted by Gasteiger charge is 2.32. The minimum atomic E-state index is -4.50. The van der Waals surface area contributed by atoms with Gasteiger partial charge in [0.05, 0.1) is 11.7 Å². The predicted octanol–water partition coefficient (Wildman–Crippen LogP) is 5.39. The molecule has 172 valence electrons. The molecule has 1 atom stereocenters. The molecule has 0 fully saturated rings. The smallest absolute Gasteiger partial charge is 0.416 e. The van der Waals surface area contributed by atoms with Gasteiger partial charge in [-0.1, -0.05) is 50.2 Å². The molecule has 0 amide bonds. The standard InChI is InChI=1S/C25H24F3N3O2/c1-15(32)11-16-12-19(24(2,3)17-7-5-4-6-8-17)23(33)22(13-16)31-29-20-10-9-18(25(26,27)28)14-21(20)30-31/h4-10,12-15,32-33H,11H2,1-3H3. The molecule has 4 rings (SSSR count). The van der Waals surface area contributed by atoms with Gasteiger partial charge in [0, 0.05) is 11.0 Å². The van der Waals surface area contributed by atoms with E-state index in [0.29, 0.717) is 12.0 Å². The summed E-state index contributed by atoms with van der Waals surface area (Å²) in [5, 5.41) is 29.7. The normalized spacial score (nSPS) is 13.4. The molecule has 8 heteroatoms. The summed E-state index contributed by atoms with van der Waals surface area (Å²) >= 11 is 0. The Kier molecular flexibility index (Phi) is 5.66. The number of rotatable bonds is 5. The maximum Gasteiger partial charge on any atom is 0.416 e. The fourth-order valence-corrected chi connectivity index (χ4v) is 3.97. The summed E-state index contributed by atoms with van der Waals surface area (Å²) in [6, 6.07) is 16.3. The van der Waals surface area contributed by atoms with Gasteiger partial charge in [-0.3, -0.25) is 0 Å². The second-order valence-corrected chi connectivity index (χ2v) is 8.75. The number of halogens is 3. The SMILES string of the molecule is CC(O)Cc1cc(-n2nc3ccc(C(F)(F)F)cc3n2)c(O)c(C(C)(C)c2ccccc2)c1. The summed E-state index contributed by atoms with van der Waals surface area (Å²) in [5.41, 5.74) is 1.45. The number of benzene rings is 3. The van der Waals surface area contributed by atoms with Gasteiger partial charge in [0.15, 0.2) is 0 Å². The number of nitrogens with zero attached hydrogens (tertiary/aromatic N) is 3. The van der Waals surface area contributed by atoms with Crippen LogP contribution in [-0.4, -0.2) is 31.3 Å². The predicted molar refractivity (Wildman–Crippen MR) is 119 cm³/mol. The van der Waals surface area contributed by atoms with Crippen molar-refractivity contribution < 1.29 is 23.4 Å². The van der Waals surface area contributed by atoms with Crippen LogP contribution in [0.4, 0.5) is 13.2 Å². The Morgan fingerprint density at radius 2 is 1.58 bits per heavy atom. The molecule has 0 saturated heterocycles. The van der Waals surface area contributed by atoms with Gasteiger partial charge in [0.2, 0.25) is 0 Å². The first kappa shape index (κ1) is 22.8. The van der Waals surface area contributed by atoms with Crippen LogP contribution in [0, 0.1) is 0 Å². The van der Waals surface area contributed by atoms with Crippen LogP contribution in [0.3, 0.4) is 0 Å². The lowest BCUT2D eigenvalue weighted by Crippen LogP contribution is -2.20. The van der Waals surface area contributed by atoms with Crippen molar-refractivity contribution in [1.82, 2.24) is 15.0 Å². The van der Waals surface area contributed by atoms with Crippen LogP contribution in [0.15, 0.2) is 60.7 Å². The van der Waals surface area contributed by atoms with Crippen molar-refractivity contribution in [2.24, 2.45) is 0 Å². The van der Waals surface area contributed by atoms with Crippen LogP contribution in [0.2, 0.25) is 0 Å². The van der Waals surface area contributed by atoms with Crippen LogP contribution >= 0.6 is 0 Å². The van der Waals surface area contributed by atoms with Gasteiger partial charge < -0.3 is 10.2 Å². The number of aromatic nitrogens is 3. The zero-order chi connectivity index (χ0) is 24.0. The van der Waals surface area contributed by atoms with E-state index in [0.717, 1.165) is 28.1 Å². The van der Waals surface area contributed by atoms with E-state index in [1.54, 1.807) is 13.0 Å². The van der Waals surface area contributed by atoms with Crippen molar-refractivity contribution in [2.45, 2.75) is 44.9 Å². The van der Waals surface area contributed by atoms with Gasteiger partial charge in [-0.2, -0.15) is 13.2 Å². The molecule has 0 spiro atoms. The van der Waals surface area contributed by atoms with E-state index in [1.807, 2.05) is 50.2 Å². The third-order valence-electron chi connectivity index (χ3n) is 5.77. The topological polar surface area (TPSA) is 71.2 Å². The molecule has 0 saturated carbocycles. The molecule has 1 heterocycles. The summed E-state index contributed by atoms with van der Waals surface area (Å²) in [7, 11) is 0. The maximum absolute atomic E-state index is 13.1. The number of fused-ring (bicyclic) bond motifs is 1. The number of phenolic OH excluding ortho intramolecular Hbond substituents is 1. The summed E-state index contributed by atoms with van der Waals surface area (Å²) in [6.45, 7) is 5.60. The molecule has 0 bridgehead atoms. The second-order valence-electron chi connectivity index (χ2n) is 8.75. The number of aromatic hydroxyl groups is 1.